The lowest BCUT2D eigenvalue weighted by Gasteiger charge is -2.20. The molecule has 1 aromatic carbocycles. The van der Waals surface area contributed by atoms with Gasteiger partial charge in [0.15, 0.2) is 11.6 Å². The summed E-state index contributed by atoms with van der Waals surface area (Å²) in [5, 5.41) is 10.7. The first kappa shape index (κ1) is 18.5. The van der Waals surface area contributed by atoms with Gasteiger partial charge in [0.25, 0.3) is 5.91 Å². The van der Waals surface area contributed by atoms with E-state index in [1.54, 1.807) is 25.3 Å². The number of nitrogens with zero attached hydrogens (tertiary/aromatic N) is 3. The molecule has 130 valence electrons. The Morgan fingerprint density at radius 1 is 1.32 bits per heavy atom. The lowest BCUT2D eigenvalue weighted by atomic mass is 10.2. The summed E-state index contributed by atoms with van der Waals surface area (Å²) in [7, 11) is 1.57. The van der Waals surface area contributed by atoms with Crippen LogP contribution in [0.1, 0.15) is 12.5 Å². The van der Waals surface area contributed by atoms with Crippen molar-refractivity contribution in [2.24, 2.45) is 0 Å². The molecule has 0 saturated heterocycles. The van der Waals surface area contributed by atoms with Crippen molar-refractivity contribution >= 4 is 23.3 Å². The van der Waals surface area contributed by atoms with E-state index in [9.17, 15) is 10.1 Å². The Morgan fingerprint density at radius 3 is 2.72 bits per heavy atom. The number of hydroxylamine groups is 1. The molecule has 25 heavy (non-hydrogen) atoms. The molecule has 0 saturated carbocycles. The van der Waals surface area contributed by atoms with Gasteiger partial charge in [-0.3, -0.25) is 4.79 Å². The number of anilines is 1. The van der Waals surface area contributed by atoms with Crippen molar-refractivity contribution in [3.63, 3.8) is 0 Å². The molecule has 1 aromatic heterocycles. The Morgan fingerprint density at radius 2 is 2.12 bits per heavy atom. The van der Waals surface area contributed by atoms with Crippen LogP contribution in [0.2, 0.25) is 5.02 Å². The van der Waals surface area contributed by atoms with Gasteiger partial charge < -0.3 is 14.3 Å². The third-order valence-corrected chi connectivity index (χ3v) is 3.25. The van der Waals surface area contributed by atoms with Crippen LogP contribution in [-0.2, 0) is 9.53 Å². The minimum Gasteiger partial charge on any atom is -0.491 e. The number of hydrogen-bond donors (Lipinski definition) is 0. The summed E-state index contributed by atoms with van der Waals surface area (Å²) in [6.07, 6.45) is 1.40. The number of rotatable bonds is 7. The fourth-order valence-corrected chi connectivity index (χ4v) is 1.98. The molecule has 2 aromatic rings. The van der Waals surface area contributed by atoms with E-state index in [1.165, 1.54) is 25.3 Å². The summed E-state index contributed by atoms with van der Waals surface area (Å²) in [6.45, 7) is 2.11. The van der Waals surface area contributed by atoms with Gasteiger partial charge in [-0.2, -0.15) is 5.26 Å². The van der Waals surface area contributed by atoms with Crippen LogP contribution in [-0.4, -0.2) is 31.2 Å². The molecular weight excluding hydrogens is 346 g/mol. The highest BCUT2D eigenvalue weighted by atomic mass is 35.5. The Bertz CT molecular complexity index is 774. The molecule has 0 bridgehead atoms. The normalized spacial score (nSPS) is 10.0. The highest BCUT2D eigenvalue weighted by Crippen LogP contribution is 2.26. The predicted octanol–water partition coefficient (Wildman–Crippen LogP) is 2.98. The molecular formula is C17H16ClN3O4. The molecule has 8 heteroatoms. The third-order valence-electron chi connectivity index (χ3n) is 3.02. The minimum atomic E-state index is -0.404. The number of carbonyl (C=O) groups excluding carboxylic acids is 1. The van der Waals surface area contributed by atoms with E-state index in [0.29, 0.717) is 24.0 Å². The molecule has 0 spiro atoms. The zero-order valence-corrected chi connectivity index (χ0v) is 14.5. The zero-order chi connectivity index (χ0) is 18.2. The smallest absolute Gasteiger partial charge is 0.258 e. The van der Waals surface area contributed by atoms with Crippen molar-refractivity contribution in [1.82, 2.24) is 4.98 Å². The number of halogens is 1. The molecule has 1 heterocycles. The third kappa shape index (κ3) is 5.08. The number of hydrogen-bond acceptors (Lipinski definition) is 6. The van der Waals surface area contributed by atoms with Gasteiger partial charge in [-0.25, -0.2) is 4.98 Å². The van der Waals surface area contributed by atoms with E-state index in [1.807, 2.05) is 6.07 Å². The summed E-state index contributed by atoms with van der Waals surface area (Å²) in [4.78, 5) is 21.5. The van der Waals surface area contributed by atoms with E-state index in [-0.39, 0.29) is 17.1 Å². The van der Waals surface area contributed by atoms with Gasteiger partial charge in [-0.05, 0) is 24.3 Å². The number of carbonyl (C=O) groups is 1. The number of pyridine rings is 1. The quantitative estimate of drug-likeness (QED) is 0.556. The average molecular weight is 362 g/mol. The maximum Gasteiger partial charge on any atom is 0.258 e. The summed E-state index contributed by atoms with van der Waals surface area (Å²) < 4.78 is 10.4. The highest BCUT2D eigenvalue weighted by Gasteiger charge is 2.18. The monoisotopic (exact) mass is 361 g/mol. The lowest BCUT2D eigenvalue weighted by Crippen LogP contribution is -2.33. The largest absolute Gasteiger partial charge is 0.491 e. The minimum absolute atomic E-state index is 0.202. The molecule has 0 aliphatic rings. The summed E-state index contributed by atoms with van der Waals surface area (Å²) in [5.41, 5.74) is 0.218. The molecule has 1 amide bonds. The molecule has 0 unspecified atom stereocenters. The second-order valence-electron chi connectivity index (χ2n) is 4.85. The van der Waals surface area contributed by atoms with E-state index in [0.717, 1.165) is 5.06 Å². The van der Waals surface area contributed by atoms with Gasteiger partial charge in [0.1, 0.15) is 24.0 Å². The van der Waals surface area contributed by atoms with Gasteiger partial charge in [-0.15, -0.1) is 5.06 Å². The Hall–Kier alpha value is -2.82. The molecule has 7 nitrogen and oxygen atoms in total. The SMILES string of the molecule is COCCOc1ccc(ON(C(C)=O)c2ccc(Cl)cn2)c(C#N)c1. The van der Waals surface area contributed by atoms with Crippen molar-refractivity contribution in [1.29, 1.82) is 5.26 Å². The summed E-state index contributed by atoms with van der Waals surface area (Å²) in [5.74, 6) is 0.550. The van der Waals surface area contributed by atoms with Gasteiger partial charge in [0.05, 0.1) is 11.6 Å². The number of amides is 1. The number of benzene rings is 1. The number of ether oxygens (including phenoxy) is 2. The van der Waals surface area contributed by atoms with Crippen LogP contribution in [0.5, 0.6) is 11.5 Å². The molecule has 2 rings (SSSR count). The molecule has 0 aliphatic carbocycles. The zero-order valence-electron chi connectivity index (χ0n) is 13.7. The second kappa shape index (κ2) is 8.87. The summed E-state index contributed by atoms with van der Waals surface area (Å²) >= 11 is 5.80. The van der Waals surface area contributed by atoms with E-state index in [4.69, 9.17) is 25.9 Å². The maximum atomic E-state index is 11.9. The fraction of sp³-hybridized carbons (Fsp3) is 0.235. The first-order chi connectivity index (χ1) is 12.0. The van der Waals surface area contributed by atoms with Crippen LogP contribution in [0.3, 0.4) is 0 Å². The highest BCUT2D eigenvalue weighted by molar-refractivity contribution is 6.30. The molecule has 0 aliphatic heterocycles. The van der Waals surface area contributed by atoms with E-state index in [2.05, 4.69) is 4.98 Å². The van der Waals surface area contributed by atoms with Crippen molar-refractivity contribution in [3.05, 3.63) is 47.1 Å². The van der Waals surface area contributed by atoms with E-state index >= 15 is 0 Å². The first-order valence-electron chi connectivity index (χ1n) is 7.31. The Labute approximate surface area is 150 Å². The molecule has 0 radical (unpaired) electrons. The fourth-order valence-electron chi connectivity index (χ4n) is 1.87. The van der Waals surface area contributed by atoms with Crippen molar-refractivity contribution in [2.75, 3.05) is 25.4 Å². The van der Waals surface area contributed by atoms with Crippen molar-refractivity contribution in [3.8, 4) is 17.6 Å². The van der Waals surface area contributed by atoms with Gasteiger partial charge in [0, 0.05) is 26.3 Å². The van der Waals surface area contributed by atoms with Crippen molar-refractivity contribution in [2.45, 2.75) is 6.92 Å². The van der Waals surface area contributed by atoms with Crippen LogP contribution in [0.25, 0.3) is 0 Å². The van der Waals surface area contributed by atoms with Gasteiger partial charge in [-0.1, -0.05) is 11.6 Å². The van der Waals surface area contributed by atoms with Gasteiger partial charge in [0.2, 0.25) is 0 Å². The molecule has 0 atom stereocenters. The van der Waals surface area contributed by atoms with Crippen LogP contribution in [0.4, 0.5) is 5.82 Å². The lowest BCUT2D eigenvalue weighted by molar-refractivity contribution is -0.120. The molecule has 0 fully saturated rings. The van der Waals surface area contributed by atoms with Crippen LogP contribution < -0.4 is 14.6 Å². The summed E-state index contributed by atoms with van der Waals surface area (Å²) in [6, 6.07) is 9.85. The van der Waals surface area contributed by atoms with Crippen LogP contribution >= 0.6 is 11.6 Å². The topological polar surface area (TPSA) is 84.7 Å². The first-order valence-corrected chi connectivity index (χ1v) is 7.69. The Kier molecular flexibility index (Phi) is 6.57. The van der Waals surface area contributed by atoms with Crippen molar-refractivity contribution < 1.29 is 19.1 Å². The van der Waals surface area contributed by atoms with Crippen LogP contribution in [0.15, 0.2) is 36.5 Å². The maximum absolute atomic E-state index is 11.9. The number of aromatic nitrogens is 1. The number of methoxy groups -OCH3 is 1. The predicted molar refractivity (Wildman–Crippen MR) is 91.6 cm³/mol. The molecule has 0 N–H and O–H groups in total. The second-order valence-corrected chi connectivity index (χ2v) is 5.29. The standard InChI is InChI=1S/C17H16ClN3O4/c1-12(22)21(17-6-3-14(18)11-20-17)25-16-5-4-15(9-13(16)10-19)24-8-7-23-2/h3-6,9,11H,7-8H2,1-2H3. The number of nitriles is 1. The van der Waals surface area contributed by atoms with Crippen LogP contribution in [0, 0.1) is 11.3 Å². The average Bonchev–Trinajstić information content (AvgIpc) is 2.61. The van der Waals surface area contributed by atoms with E-state index < -0.39 is 5.91 Å². The Balaban J connectivity index is 2.22. The van der Waals surface area contributed by atoms with Gasteiger partial charge >= 0.3 is 0 Å².